The largest absolute Gasteiger partial charge is 0.462 e. The summed E-state index contributed by atoms with van der Waals surface area (Å²) in [5.41, 5.74) is 0. The molecule has 0 saturated heterocycles. The maximum absolute atomic E-state index is 13.3. The minimum Gasteiger partial charge on any atom is -0.462 e. The molecule has 0 aromatic rings. The van der Waals surface area contributed by atoms with Crippen molar-refractivity contribution in [1.82, 2.24) is 5.32 Å². The van der Waals surface area contributed by atoms with Gasteiger partial charge in [-0.3, -0.25) is 9.59 Å². The Hall–Kier alpha value is -2.96. The molecule has 0 aliphatic heterocycles. The molecule has 0 saturated carbocycles. The summed E-state index contributed by atoms with van der Waals surface area (Å²) in [5, 5.41) is 23.9. The van der Waals surface area contributed by atoms with Gasteiger partial charge in [-0.25, -0.2) is 0 Å². The van der Waals surface area contributed by atoms with Gasteiger partial charge in [0.1, 0.15) is 6.10 Å². The average molecular weight is 963 g/mol. The van der Waals surface area contributed by atoms with Crippen molar-refractivity contribution in [3.05, 3.63) is 85.1 Å². The minimum atomic E-state index is -0.806. The third kappa shape index (κ3) is 51.2. The number of ether oxygens (including phenoxy) is 1. The van der Waals surface area contributed by atoms with Gasteiger partial charge in [0.2, 0.25) is 5.91 Å². The van der Waals surface area contributed by atoms with E-state index in [4.69, 9.17) is 4.74 Å². The van der Waals surface area contributed by atoms with Crippen LogP contribution >= 0.6 is 0 Å². The normalized spacial score (nSPS) is 13.8. The number of carbonyl (C=O) groups excluding carboxylic acids is 2. The number of aliphatic hydroxyl groups excluding tert-OH is 2. The summed E-state index contributed by atoms with van der Waals surface area (Å²) in [6.45, 7) is 6.42. The van der Waals surface area contributed by atoms with Crippen LogP contribution in [-0.4, -0.2) is 46.9 Å². The molecule has 0 fully saturated rings. The number of amides is 1. The molecule has 0 heterocycles. The molecule has 69 heavy (non-hydrogen) atoms. The lowest BCUT2D eigenvalue weighted by molar-refractivity contribution is -0.151. The summed E-state index contributed by atoms with van der Waals surface area (Å²) in [7, 11) is 0. The molecule has 398 valence electrons. The molecule has 0 aromatic heterocycles. The van der Waals surface area contributed by atoms with Gasteiger partial charge in [-0.15, -0.1) is 0 Å². The molecule has 6 heteroatoms. The van der Waals surface area contributed by atoms with E-state index in [-0.39, 0.29) is 24.9 Å². The molecule has 0 rings (SSSR count). The van der Waals surface area contributed by atoms with E-state index in [1.54, 1.807) is 0 Å². The molecule has 3 atom stereocenters. The van der Waals surface area contributed by atoms with E-state index in [2.05, 4.69) is 111 Å². The van der Waals surface area contributed by atoms with Gasteiger partial charge in [0.25, 0.3) is 0 Å². The predicted octanol–water partition coefficient (Wildman–Crippen LogP) is 18.3. The number of rotatable bonds is 52. The third-order valence-electron chi connectivity index (χ3n) is 13.0. The molecule has 3 unspecified atom stereocenters. The van der Waals surface area contributed by atoms with Crippen LogP contribution in [0, 0.1) is 0 Å². The van der Waals surface area contributed by atoms with Crippen molar-refractivity contribution < 1.29 is 24.5 Å². The fraction of sp³-hybridized carbons (Fsp3) is 0.746. The first-order valence-corrected chi connectivity index (χ1v) is 29.4. The van der Waals surface area contributed by atoms with Gasteiger partial charge in [-0.2, -0.15) is 0 Å². The monoisotopic (exact) mass is 962 g/mol. The minimum absolute atomic E-state index is 0.0430. The smallest absolute Gasteiger partial charge is 0.306 e. The van der Waals surface area contributed by atoms with E-state index in [1.165, 1.54) is 141 Å². The third-order valence-corrected chi connectivity index (χ3v) is 13.0. The summed E-state index contributed by atoms with van der Waals surface area (Å²) in [6, 6.07) is -0.723. The number of aliphatic hydroxyl groups is 2. The molecule has 0 aliphatic rings. The molecular formula is C63H111NO5. The molecule has 0 aliphatic carbocycles. The highest BCUT2D eigenvalue weighted by atomic mass is 16.5. The van der Waals surface area contributed by atoms with Crippen LogP contribution in [0.3, 0.4) is 0 Å². The van der Waals surface area contributed by atoms with Crippen molar-refractivity contribution in [2.45, 2.75) is 296 Å². The summed E-state index contributed by atoms with van der Waals surface area (Å²) in [6.07, 6.45) is 73.5. The van der Waals surface area contributed by atoms with Gasteiger partial charge in [-0.1, -0.05) is 260 Å². The van der Waals surface area contributed by atoms with Gasteiger partial charge >= 0.3 is 5.97 Å². The van der Waals surface area contributed by atoms with E-state index in [9.17, 15) is 19.8 Å². The highest BCUT2D eigenvalue weighted by Gasteiger charge is 2.24. The Bertz CT molecular complexity index is 1310. The van der Waals surface area contributed by atoms with Crippen molar-refractivity contribution in [2.75, 3.05) is 6.61 Å². The van der Waals surface area contributed by atoms with E-state index in [0.29, 0.717) is 19.3 Å². The van der Waals surface area contributed by atoms with Crippen molar-refractivity contribution in [3.8, 4) is 0 Å². The van der Waals surface area contributed by atoms with Crippen LogP contribution in [-0.2, 0) is 14.3 Å². The first-order chi connectivity index (χ1) is 34.0. The van der Waals surface area contributed by atoms with Crippen molar-refractivity contribution in [3.63, 3.8) is 0 Å². The zero-order chi connectivity index (χ0) is 50.2. The topological polar surface area (TPSA) is 95.9 Å². The highest BCUT2D eigenvalue weighted by molar-refractivity contribution is 5.77. The van der Waals surface area contributed by atoms with Crippen LogP contribution in [0.2, 0.25) is 0 Å². The molecule has 0 spiro atoms. The SMILES string of the molecule is CCCCC/C=C\C/C=C\C/C=C\CCCCCCCCC(=O)OC(CCCCC/C=C/C=C/C=C/C=C/CCCCC)CC(=O)NC(CO)C(O)CCCCCCCCCCCCCCCCC. The van der Waals surface area contributed by atoms with Crippen LogP contribution in [0.15, 0.2) is 85.1 Å². The van der Waals surface area contributed by atoms with Gasteiger partial charge in [-0.05, 0) is 89.9 Å². The van der Waals surface area contributed by atoms with E-state index in [0.717, 1.165) is 89.9 Å². The van der Waals surface area contributed by atoms with Crippen LogP contribution in [0.4, 0.5) is 0 Å². The van der Waals surface area contributed by atoms with E-state index < -0.39 is 18.2 Å². The van der Waals surface area contributed by atoms with E-state index >= 15 is 0 Å². The zero-order valence-electron chi connectivity index (χ0n) is 45.4. The van der Waals surface area contributed by atoms with Gasteiger partial charge in [0.15, 0.2) is 0 Å². The van der Waals surface area contributed by atoms with Crippen LogP contribution < -0.4 is 5.32 Å². The summed E-state index contributed by atoms with van der Waals surface area (Å²) in [4.78, 5) is 26.3. The number of nitrogens with one attached hydrogen (secondary N) is 1. The van der Waals surface area contributed by atoms with Crippen molar-refractivity contribution in [2.24, 2.45) is 0 Å². The van der Waals surface area contributed by atoms with Crippen LogP contribution in [0.5, 0.6) is 0 Å². The summed E-state index contributed by atoms with van der Waals surface area (Å²) < 4.78 is 5.94. The Morgan fingerprint density at radius 1 is 0.435 bits per heavy atom. The number of carbonyl (C=O) groups is 2. The molecule has 0 aromatic carbocycles. The standard InChI is InChI=1S/C63H111NO5/c1-4-7-10-13-16-19-22-25-28-30-31-32-35-38-41-44-47-50-53-56-63(68)69-59(54-51-48-45-42-39-36-34-29-26-23-20-17-14-11-8-5-2)57-62(67)64-60(58-65)61(66)55-52-49-46-43-40-37-33-27-24-21-18-15-12-9-6-3/h16-17,19-20,23,25-26,28-29,31-32,34,36,39,59-61,65-66H,4-15,18,21-22,24,27,30,33,35,37-38,40-58H2,1-3H3,(H,64,67)/b19-16-,20-17+,26-23+,28-25-,32-31-,34-29+,39-36+. The Balaban J connectivity index is 4.66. The first kappa shape index (κ1) is 66.0. The maximum atomic E-state index is 13.3. The second-order valence-corrected chi connectivity index (χ2v) is 19.8. The second kappa shape index (κ2) is 56.0. The number of unbranched alkanes of at least 4 members (excludes halogenated alkanes) is 29. The van der Waals surface area contributed by atoms with Crippen LogP contribution in [0.1, 0.15) is 278 Å². The fourth-order valence-electron chi connectivity index (χ4n) is 8.57. The molecule has 0 radical (unpaired) electrons. The lowest BCUT2D eigenvalue weighted by Crippen LogP contribution is -2.46. The Kier molecular flexibility index (Phi) is 53.6. The fourth-order valence-corrected chi connectivity index (χ4v) is 8.57. The lowest BCUT2D eigenvalue weighted by Gasteiger charge is -2.24. The molecular weight excluding hydrogens is 851 g/mol. The van der Waals surface area contributed by atoms with Gasteiger partial charge in [0.05, 0.1) is 25.2 Å². The molecule has 6 nitrogen and oxygen atoms in total. The number of allylic oxidation sites excluding steroid dienone is 14. The lowest BCUT2D eigenvalue weighted by atomic mass is 10.0. The van der Waals surface area contributed by atoms with E-state index in [1.807, 2.05) is 0 Å². The van der Waals surface area contributed by atoms with Crippen molar-refractivity contribution in [1.29, 1.82) is 0 Å². The summed E-state index contributed by atoms with van der Waals surface area (Å²) >= 11 is 0. The Labute approximate surface area is 427 Å². The number of hydrogen-bond donors (Lipinski definition) is 3. The van der Waals surface area contributed by atoms with Crippen molar-refractivity contribution >= 4 is 11.9 Å². The zero-order valence-corrected chi connectivity index (χ0v) is 45.4. The molecule has 1 amide bonds. The highest BCUT2D eigenvalue weighted by Crippen LogP contribution is 2.18. The maximum Gasteiger partial charge on any atom is 0.306 e. The molecule has 3 N–H and O–H groups in total. The first-order valence-electron chi connectivity index (χ1n) is 29.4. The Morgan fingerprint density at radius 3 is 1.29 bits per heavy atom. The van der Waals surface area contributed by atoms with Crippen LogP contribution in [0.25, 0.3) is 0 Å². The molecule has 0 bridgehead atoms. The average Bonchev–Trinajstić information content (AvgIpc) is 3.34. The predicted molar refractivity (Wildman–Crippen MR) is 301 cm³/mol. The quantitative estimate of drug-likeness (QED) is 0.0244. The van der Waals surface area contributed by atoms with Gasteiger partial charge in [0, 0.05) is 6.42 Å². The second-order valence-electron chi connectivity index (χ2n) is 19.8. The Morgan fingerprint density at radius 2 is 0.797 bits per heavy atom. The summed E-state index contributed by atoms with van der Waals surface area (Å²) in [5.74, 6) is -0.525. The number of esters is 1. The number of hydrogen-bond acceptors (Lipinski definition) is 5. The van der Waals surface area contributed by atoms with Gasteiger partial charge < -0.3 is 20.3 Å².